The first kappa shape index (κ1) is 23.7. The highest BCUT2D eigenvalue weighted by Gasteiger charge is 2.22. The average Bonchev–Trinajstić information content (AvgIpc) is 2.99. The fraction of sp³-hybridized carbons (Fsp3) is 0.375. The highest BCUT2D eigenvalue weighted by Crippen LogP contribution is 2.24. The Kier molecular flexibility index (Phi) is 8.03. The Labute approximate surface area is 183 Å². The first-order chi connectivity index (χ1) is 14.7. The van der Waals surface area contributed by atoms with E-state index >= 15 is 0 Å². The minimum absolute atomic E-state index is 0.165. The summed E-state index contributed by atoms with van der Waals surface area (Å²) in [5.74, 6) is -0.419. The van der Waals surface area contributed by atoms with Gasteiger partial charge in [0.1, 0.15) is 17.4 Å². The lowest BCUT2D eigenvalue weighted by molar-refractivity contribution is -0.148. The standard InChI is InChI=1S/C24H29N3O4/c1-15(2)14-27-16(3)11-19(17(27)4)12-20(13-25)24(29)31-18(5)23(28)26-21-9-7-8-10-22(21)30-6/h7-12,15,18H,14H2,1-6H3,(H,26,28)/b20-12+/t18-/m1/s1. The summed E-state index contributed by atoms with van der Waals surface area (Å²) in [6, 6.07) is 10.7. The number of nitriles is 1. The maximum Gasteiger partial charge on any atom is 0.349 e. The number of hydrogen-bond acceptors (Lipinski definition) is 5. The zero-order valence-corrected chi connectivity index (χ0v) is 18.9. The van der Waals surface area contributed by atoms with Gasteiger partial charge in [-0.15, -0.1) is 0 Å². The monoisotopic (exact) mass is 423 g/mol. The number of rotatable bonds is 8. The number of esters is 1. The molecule has 7 heteroatoms. The van der Waals surface area contributed by atoms with Crippen molar-refractivity contribution in [2.45, 2.75) is 47.3 Å². The van der Waals surface area contributed by atoms with Crippen LogP contribution >= 0.6 is 0 Å². The van der Waals surface area contributed by atoms with Crippen molar-refractivity contribution in [3.8, 4) is 11.8 Å². The quantitative estimate of drug-likeness (QED) is 0.389. The molecule has 0 aliphatic rings. The molecule has 2 aromatic rings. The van der Waals surface area contributed by atoms with E-state index in [1.807, 2.05) is 26.0 Å². The Morgan fingerprint density at radius 1 is 1.23 bits per heavy atom. The number of carbonyl (C=O) groups excluding carboxylic acids is 2. The van der Waals surface area contributed by atoms with Crippen molar-refractivity contribution in [3.63, 3.8) is 0 Å². The first-order valence-electron chi connectivity index (χ1n) is 10.1. The van der Waals surface area contributed by atoms with Crippen LogP contribution in [-0.4, -0.2) is 29.7 Å². The van der Waals surface area contributed by atoms with Crippen LogP contribution in [0.4, 0.5) is 5.69 Å². The predicted molar refractivity (Wildman–Crippen MR) is 120 cm³/mol. The number of carbonyl (C=O) groups is 2. The van der Waals surface area contributed by atoms with Gasteiger partial charge in [-0.3, -0.25) is 4.79 Å². The number of hydrogen-bond donors (Lipinski definition) is 1. The van der Waals surface area contributed by atoms with E-state index in [0.29, 0.717) is 17.4 Å². The fourth-order valence-electron chi connectivity index (χ4n) is 3.17. The van der Waals surface area contributed by atoms with Gasteiger partial charge in [0.2, 0.25) is 0 Å². The normalized spacial score (nSPS) is 12.3. The van der Waals surface area contributed by atoms with Gasteiger partial charge in [-0.25, -0.2) is 4.79 Å². The Morgan fingerprint density at radius 3 is 2.52 bits per heavy atom. The third-order valence-corrected chi connectivity index (χ3v) is 4.82. The molecule has 0 unspecified atom stereocenters. The molecule has 0 saturated heterocycles. The van der Waals surface area contributed by atoms with Gasteiger partial charge in [0.05, 0.1) is 12.8 Å². The van der Waals surface area contributed by atoms with Gasteiger partial charge in [-0.1, -0.05) is 26.0 Å². The van der Waals surface area contributed by atoms with Gasteiger partial charge in [-0.2, -0.15) is 5.26 Å². The van der Waals surface area contributed by atoms with Gasteiger partial charge < -0.3 is 19.4 Å². The Bertz CT molecular complexity index is 1030. The van der Waals surface area contributed by atoms with Gasteiger partial charge in [0.25, 0.3) is 5.91 Å². The average molecular weight is 424 g/mol. The summed E-state index contributed by atoms with van der Waals surface area (Å²) in [7, 11) is 1.50. The van der Waals surface area contributed by atoms with Crippen molar-refractivity contribution in [2.75, 3.05) is 12.4 Å². The topological polar surface area (TPSA) is 93.3 Å². The van der Waals surface area contributed by atoms with Crippen molar-refractivity contribution in [1.29, 1.82) is 5.26 Å². The lowest BCUT2D eigenvalue weighted by Gasteiger charge is -2.15. The molecule has 0 aliphatic heterocycles. The molecule has 1 heterocycles. The molecule has 0 radical (unpaired) electrons. The summed E-state index contributed by atoms with van der Waals surface area (Å²) in [6.45, 7) is 10.5. The molecule has 1 amide bonds. The van der Waals surface area contributed by atoms with Crippen molar-refractivity contribution in [3.05, 3.63) is 52.9 Å². The van der Waals surface area contributed by atoms with Gasteiger partial charge in [0.15, 0.2) is 6.10 Å². The van der Waals surface area contributed by atoms with E-state index in [9.17, 15) is 14.9 Å². The molecular formula is C24H29N3O4. The molecule has 1 atom stereocenters. The van der Waals surface area contributed by atoms with Crippen LogP contribution in [0.15, 0.2) is 35.9 Å². The SMILES string of the molecule is COc1ccccc1NC(=O)[C@@H](C)OC(=O)/C(C#N)=C/c1cc(C)n(CC(C)C)c1C. The molecule has 7 nitrogen and oxygen atoms in total. The molecule has 1 N–H and O–H groups in total. The van der Waals surface area contributed by atoms with Crippen LogP contribution in [0, 0.1) is 31.1 Å². The Hall–Kier alpha value is -3.53. The second kappa shape index (κ2) is 10.5. The Morgan fingerprint density at radius 2 is 1.90 bits per heavy atom. The summed E-state index contributed by atoms with van der Waals surface area (Å²) < 4.78 is 12.6. The summed E-state index contributed by atoms with van der Waals surface area (Å²) in [6.07, 6.45) is 0.411. The molecule has 0 bridgehead atoms. The van der Waals surface area contributed by atoms with E-state index in [4.69, 9.17) is 9.47 Å². The molecule has 0 fully saturated rings. The molecule has 164 valence electrons. The van der Waals surface area contributed by atoms with Crippen LogP contribution < -0.4 is 10.1 Å². The van der Waals surface area contributed by atoms with Crippen LogP contribution in [0.1, 0.15) is 37.7 Å². The molecule has 0 aliphatic carbocycles. The molecular weight excluding hydrogens is 394 g/mol. The van der Waals surface area contributed by atoms with Crippen molar-refractivity contribution >= 4 is 23.6 Å². The lowest BCUT2D eigenvalue weighted by Crippen LogP contribution is -2.30. The minimum atomic E-state index is -1.09. The van der Waals surface area contributed by atoms with E-state index in [1.54, 1.807) is 24.3 Å². The molecule has 1 aromatic heterocycles. The zero-order valence-electron chi connectivity index (χ0n) is 18.9. The summed E-state index contributed by atoms with van der Waals surface area (Å²) >= 11 is 0. The second-order valence-corrected chi connectivity index (χ2v) is 7.74. The minimum Gasteiger partial charge on any atom is -0.495 e. The van der Waals surface area contributed by atoms with Crippen LogP contribution in [0.25, 0.3) is 6.08 Å². The van der Waals surface area contributed by atoms with E-state index in [0.717, 1.165) is 23.5 Å². The third-order valence-electron chi connectivity index (χ3n) is 4.82. The largest absolute Gasteiger partial charge is 0.495 e. The fourth-order valence-corrected chi connectivity index (χ4v) is 3.17. The number of ether oxygens (including phenoxy) is 2. The van der Waals surface area contributed by atoms with Crippen LogP contribution in [0.2, 0.25) is 0 Å². The van der Waals surface area contributed by atoms with Gasteiger partial charge >= 0.3 is 5.97 Å². The summed E-state index contributed by atoms with van der Waals surface area (Å²) in [5, 5.41) is 12.1. The number of nitrogens with zero attached hydrogens (tertiary/aromatic N) is 2. The van der Waals surface area contributed by atoms with Gasteiger partial charge in [0, 0.05) is 17.9 Å². The highest BCUT2D eigenvalue weighted by molar-refractivity contribution is 6.01. The van der Waals surface area contributed by atoms with Crippen LogP contribution in [-0.2, 0) is 20.9 Å². The molecule has 0 saturated carbocycles. The van der Waals surface area contributed by atoms with E-state index in [1.165, 1.54) is 20.1 Å². The Balaban J connectivity index is 2.14. The number of methoxy groups -OCH3 is 1. The highest BCUT2D eigenvalue weighted by atomic mass is 16.5. The maximum absolute atomic E-state index is 12.5. The number of aromatic nitrogens is 1. The van der Waals surface area contributed by atoms with E-state index < -0.39 is 18.0 Å². The van der Waals surface area contributed by atoms with Crippen LogP contribution in [0.3, 0.4) is 0 Å². The lowest BCUT2D eigenvalue weighted by atomic mass is 10.1. The number of para-hydroxylation sites is 2. The predicted octanol–water partition coefficient (Wildman–Crippen LogP) is 4.25. The van der Waals surface area contributed by atoms with E-state index in [2.05, 4.69) is 23.7 Å². The first-order valence-corrected chi connectivity index (χ1v) is 10.1. The molecule has 1 aromatic carbocycles. The third kappa shape index (κ3) is 5.98. The van der Waals surface area contributed by atoms with Crippen LogP contribution in [0.5, 0.6) is 5.75 Å². The number of aryl methyl sites for hydroxylation is 1. The number of amides is 1. The number of benzene rings is 1. The smallest absolute Gasteiger partial charge is 0.349 e. The summed E-state index contributed by atoms with van der Waals surface area (Å²) in [4.78, 5) is 25.0. The summed E-state index contributed by atoms with van der Waals surface area (Å²) in [5.41, 5.74) is 3.09. The second-order valence-electron chi connectivity index (χ2n) is 7.74. The molecule has 0 spiro atoms. The van der Waals surface area contributed by atoms with Crippen molar-refractivity contribution < 1.29 is 19.1 Å². The number of nitrogens with one attached hydrogen (secondary N) is 1. The van der Waals surface area contributed by atoms with Gasteiger partial charge in [-0.05, 0) is 56.5 Å². The number of anilines is 1. The zero-order chi connectivity index (χ0) is 23.1. The van der Waals surface area contributed by atoms with Crippen molar-refractivity contribution in [2.24, 2.45) is 5.92 Å². The van der Waals surface area contributed by atoms with Crippen molar-refractivity contribution in [1.82, 2.24) is 4.57 Å². The van der Waals surface area contributed by atoms with E-state index in [-0.39, 0.29) is 5.57 Å². The maximum atomic E-state index is 12.5. The molecule has 2 rings (SSSR count). The molecule has 31 heavy (non-hydrogen) atoms.